The molecule has 2 aromatic heterocycles. The maximum atomic E-state index is 12.1. The van der Waals surface area contributed by atoms with Crippen molar-refractivity contribution >= 4 is 38.2 Å². The van der Waals surface area contributed by atoms with Crippen molar-refractivity contribution in [1.29, 1.82) is 0 Å². The summed E-state index contributed by atoms with van der Waals surface area (Å²) < 4.78 is 25.5. The number of anilines is 2. The van der Waals surface area contributed by atoms with Gasteiger partial charge in [-0.05, 0) is 35.4 Å². The van der Waals surface area contributed by atoms with Crippen LogP contribution >= 0.6 is 0 Å². The summed E-state index contributed by atoms with van der Waals surface area (Å²) in [4.78, 5) is 20.8. The van der Waals surface area contributed by atoms with Crippen LogP contribution in [0.1, 0.15) is 29.4 Å². The van der Waals surface area contributed by atoms with Gasteiger partial charge in [-0.15, -0.1) is 0 Å². The maximum absolute atomic E-state index is 12.1. The fourth-order valence-corrected chi connectivity index (χ4v) is 4.60. The number of hydrogen-bond acceptors (Lipinski definition) is 6. The van der Waals surface area contributed by atoms with Crippen LogP contribution in [-0.2, 0) is 15.8 Å². The van der Waals surface area contributed by atoms with Gasteiger partial charge in [0.25, 0.3) is 0 Å². The van der Waals surface area contributed by atoms with Crippen LogP contribution in [0.4, 0.5) is 11.5 Å². The average Bonchev–Trinajstić information content (AvgIpc) is 2.89. The van der Waals surface area contributed by atoms with Gasteiger partial charge in [-0.1, -0.05) is 13.0 Å². The molecule has 0 bridgehead atoms. The second-order valence-electron chi connectivity index (χ2n) is 6.49. The Hall–Kier alpha value is -3.00. The summed E-state index contributed by atoms with van der Waals surface area (Å²) in [6.07, 6.45) is 1.97. The Bertz CT molecular complexity index is 1210. The number of benzene rings is 1. The Morgan fingerprint density at radius 1 is 1.26 bits per heavy atom. The first-order chi connectivity index (χ1) is 12.8. The van der Waals surface area contributed by atoms with Gasteiger partial charge in [0.15, 0.2) is 5.78 Å². The molecule has 27 heavy (non-hydrogen) atoms. The van der Waals surface area contributed by atoms with E-state index in [1.807, 2.05) is 12.1 Å². The van der Waals surface area contributed by atoms with Gasteiger partial charge in [0.2, 0.25) is 10.0 Å². The predicted octanol–water partition coefficient (Wildman–Crippen LogP) is 2.75. The summed E-state index contributed by atoms with van der Waals surface area (Å²) in [6.45, 7) is 1.79. The molecular formula is C19H18N4O3S. The number of nitrogen functional groups attached to an aromatic ring is 1. The van der Waals surface area contributed by atoms with E-state index in [-0.39, 0.29) is 11.5 Å². The molecule has 0 unspecified atom stereocenters. The SMILES string of the molecule is CCC(=O)c1ccc2c(N)ncc(-c3ccc4c(c3)CS(=O)(=O)N4C)c2n1. The molecule has 2 N–H and O–H groups in total. The van der Waals surface area contributed by atoms with Crippen LogP contribution in [0, 0.1) is 0 Å². The largest absolute Gasteiger partial charge is 0.383 e. The molecule has 0 fully saturated rings. The lowest BCUT2D eigenvalue weighted by Crippen LogP contribution is -2.20. The van der Waals surface area contributed by atoms with E-state index in [0.717, 1.165) is 11.1 Å². The van der Waals surface area contributed by atoms with Crippen molar-refractivity contribution in [1.82, 2.24) is 9.97 Å². The number of Topliss-reactive ketones (excluding diaryl/α,β-unsaturated/α-hetero) is 1. The normalized spacial score (nSPS) is 15.1. The number of sulfonamides is 1. The van der Waals surface area contributed by atoms with Crippen LogP contribution in [0.3, 0.4) is 0 Å². The van der Waals surface area contributed by atoms with Crippen molar-refractivity contribution in [3.05, 3.63) is 47.8 Å². The third-order valence-electron chi connectivity index (χ3n) is 4.85. The summed E-state index contributed by atoms with van der Waals surface area (Å²) in [5.41, 5.74) is 9.82. The van der Waals surface area contributed by atoms with Crippen LogP contribution < -0.4 is 10.0 Å². The lowest BCUT2D eigenvalue weighted by Gasteiger charge is -2.12. The first-order valence-corrected chi connectivity index (χ1v) is 10.1. The number of hydrogen-bond donors (Lipinski definition) is 1. The summed E-state index contributed by atoms with van der Waals surface area (Å²) in [7, 11) is -1.77. The van der Waals surface area contributed by atoms with E-state index in [4.69, 9.17) is 5.73 Å². The monoisotopic (exact) mass is 382 g/mol. The molecule has 4 rings (SSSR count). The molecule has 0 saturated carbocycles. The fourth-order valence-electron chi connectivity index (χ4n) is 3.30. The van der Waals surface area contributed by atoms with E-state index in [0.29, 0.717) is 40.1 Å². The second-order valence-corrected chi connectivity index (χ2v) is 8.49. The van der Waals surface area contributed by atoms with Crippen LogP contribution in [0.25, 0.3) is 22.0 Å². The summed E-state index contributed by atoms with van der Waals surface area (Å²) in [6, 6.07) is 8.85. The number of nitrogens with two attached hydrogens (primary N) is 1. The maximum Gasteiger partial charge on any atom is 0.239 e. The molecule has 0 radical (unpaired) electrons. The minimum absolute atomic E-state index is 0.0417. The van der Waals surface area contributed by atoms with Crippen LogP contribution in [-0.4, -0.2) is 31.2 Å². The Balaban J connectivity index is 1.92. The number of ketones is 1. The van der Waals surface area contributed by atoms with Crippen molar-refractivity contribution in [3.8, 4) is 11.1 Å². The third kappa shape index (κ3) is 2.73. The Morgan fingerprint density at radius 3 is 2.78 bits per heavy atom. The van der Waals surface area contributed by atoms with Gasteiger partial charge in [0.05, 0.1) is 17.0 Å². The quantitative estimate of drug-likeness (QED) is 0.698. The van der Waals surface area contributed by atoms with E-state index in [2.05, 4.69) is 9.97 Å². The predicted molar refractivity (Wildman–Crippen MR) is 105 cm³/mol. The number of carbonyl (C=O) groups is 1. The first-order valence-electron chi connectivity index (χ1n) is 8.50. The van der Waals surface area contributed by atoms with E-state index >= 15 is 0 Å². The number of fused-ring (bicyclic) bond motifs is 2. The zero-order valence-corrected chi connectivity index (χ0v) is 15.7. The highest BCUT2D eigenvalue weighted by Gasteiger charge is 2.30. The zero-order chi connectivity index (χ0) is 19.3. The molecule has 1 aliphatic rings. The standard InChI is InChI=1S/C19H18N4O3S/c1-3-17(24)15-6-5-13-18(22-15)14(9-21-19(13)20)11-4-7-16-12(8-11)10-27(25,26)23(16)2/h4-9H,3,10H2,1-2H3,(H2,20,21). The van der Waals surface area contributed by atoms with Crippen molar-refractivity contribution < 1.29 is 13.2 Å². The highest BCUT2D eigenvalue weighted by molar-refractivity contribution is 7.92. The molecule has 0 amide bonds. The summed E-state index contributed by atoms with van der Waals surface area (Å²) >= 11 is 0. The van der Waals surface area contributed by atoms with Gasteiger partial charge in [0.1, 0.15) is 11.5 Å². The number of pyridine rings is 2. The lowest BCUT2D eigenvalue weighted by molar-refractivity contribution is 0.0983. The fraction of sp³-hybridized carbons (Fsp3) is 0.211. The molecule has 138 valence electrons. The first kappa shape index (κ1) is 17.4. The highest BCUT2D eigenvalue weighted by Crippen LogP contribution is 2.37. The number of carbonyl (C=O) groups excluding carboxylic acids is 1. The van der Waals surface area contributed by atoms with Crippen LogP contribution in [0.15, 0.2) is 36.5 Å². The molecule has 0 aliphatic carbocycles. The van der Waals surface area contributed by atoms with Crippen LogP contribution in [0.2, 0.25) is 0 Å². The third-order valence-corrected chi connectivity index (χ3v) is 6.56. The Labute approximate surface area is 156 Å². The highest BCUT2D eigenvalue weighted by atomic mass is 32.2. The van der Waals surface area contributed by atoms with E-state index < -0.39 is 10.0 Å². The summed E-state index contributed by atoms with van der Waals surface area (Å²) in [5, 5.41) is 0.658. The topological polar surface area (TPSA) is 106 Å². The van der Waals surface area contributed by atoms with Crippen LogP contribution in [0.5, 0.6) is 0 Å². The minimum Gasteiger partial charge on any atom is -0.383 e. The smallest absolute Gasteiger partial charge is 0.239 e. The lowest BCUT2D eigenvalue weighted by atomic mass is 10.0. The van der Waals surface area contributed by atoms with Gasteiger partial charge in [-0.25, -0.2) is 18.4 Å². The van der Waals surface area contributed by atoms with Gasteiger partial charge in [-0.3, -0.25) is 9.10 Å². The molecular weight excluding hydrogens is 364 g/mol. The molecule has 0 atom stereocenters. The van der Waals surface area contributed by atoms with E-state index in [1.54, 1.807) is 38.4 Å². The minimum atomic E-state index is -3.32. The van der Waals surface area contributed by atoms with Crippen molar-refractivity contribution in [2.45, 2.75) is 19.1 Å². The molecule has 1 aromatic carbocycles. The Kier molecular flexibility index (Phi) is 3.88. The van der Waals surface area contributed by atoms with E-state index in [9.17, 15) is 13.2 Å². The van der Waals surface area contributed by atoms with Crippen molar-refractivity contribution in [2.75, 3.05) is 17.1 Å². The van der Waals surface area contributed by atoms with Gasteiger partial charge in [-0.2, -0.15) is 0 Å². The molecule has 0 spiro atoms. The summed E-state index contributed by atoms with van der Waals surface area (Å²) in [5.74, 6) is 0.236. The molecule has 8 heteroatoms. The second kappa shape index (κ2) is 6.02. The molecule has 7 nitrogen and oxygen atoms in total. The van der Waals surface area contributed by atoms with Gasteiger partial charge in [0, 0.05) is 30.6 Å². The zero-order valence-electron chi connectivity index (χ0n) is 14.9. The molecule has 1 aliphatic heterocycles. The number of aromatic nitrogens is 2. The van der Waals surface area contributed by atoms with Crippen molar-refractivity contribution in [2.24, 2.45) is 0 Å². The van der Waals surface area contributed by atoms with Crippen molar-refractivity contribution in [3.63, 3.8) is 0 Å². The number of rotatable bonds is 3. The van der Waals surface area contributed by atoms with Gasteiger partial charge >= 0.3 is 0 Å². The molecule has 0 saturated heterocycles. The molecule has 3 aromatic rings. The van der Waals surface area contributed by atoms with E-state index in [1.165, 1.54) is 4.31 Å². The van der Waals surface area contributed by atoms with Gasteiger partial charge < -0.3 is 5.73 Å². The average molecular weight is 382 g/mol. The number of nitrogens with zero attached hydrogens (tertiary/aromatic N) is 3. The molecule has 3 heterocycles. The Morgan fingerprint density at radius 2 is 2.04 bits per heavy atom.